The van der Waals surface area contributed by atoms with Crippen molar-refractivity contribution < 1.29 is 0 Å². The predicted molar refractivity (Wildman–Crippen MR) is 76.6 cm³/mol. The molecule has 1 aromatic heterocycles. The van der Waals surface area contributed by atoms with Gasteiger partial charge in [-0.15, -0.1) is 0 Å². The number of nitrogens with one attached hydrogen (secondary N) is 1. The Bertz CT molecular complexity index is 347. The molecule has 1 aromatic rings. The van der Waals surface area contributed by atoms with E-state index in [2.05, 4.69) is 49.5 Å². The van der Waals surface area contributed by atoms with Crippen molar-refractivity contribution in [1.82, 2.24) is 10.3 Å². The normalized spacial score (nSPS) is 28.6. The summed E-state index contributed by atoms with van der Waals surface area (Å²) < 4.78 is 0. The summed E-state index contributed by atoms with van der Waals surface area (Å²) in [5, 5.41) is 3.36. The van der Waals surface area contributed by atoms with Crippen LogP contribution in [0.2, 0.25) is 0 Å². The third kappa shape index (κ3) is 3.11. The second-order valence-corrected chi connectivity index (χ2v) is 6.03. The Hall–Kier alpha value is -0.890. The summed E-state index contributed by atoms with van der Waals surface area (Å²) in [4.78, 5) is 4.30. The second-order valence-electron chi connectivity index (χ2n) is 6.03. The molecule has 2 heteroatoms. The average Bonchev–Trinajstić information content (AvgIpc) is 2.40. The van der Waals surface area contributed by atoms with Gasteiger partial charge < -0.3 is 5.32 Å². The van der Waals surface area contributed by atoms with Crippen LogP contribution in [0.5, 0.6) is 0 Å². The van der Waals surface area contributed by atoms with Gasteiger partial charge in [0, 0.05) is 12.4 Å². The highest BCUT2D eigenvalue weighted by Crippen LogP contribution is 2.42. The van der Waals surface area contributed by atoms with Gasteiger partial charge >= 0.3 is 0 Å². The molecule has 0 bridgehead atoms. The lowest BCUT2D eigenvalue weighted by Crippen LogP contribution is -2.32. The SMILES string of the molecule is CNCC1CCC(C(C)C)CC1c1cccnc1. The van der Waals surface area contributed by atoms with Crippen LogP contribution in [-0.2, 0) is 0 Å². The topological polar surface area (TPSA) is 24.9 Å². The van der Waals surface area contributed by atoms with Gasteiger partial charge in [-0.2, -0.15) is 0 Å². The van der Waals surface area contributed by atoms with E-state index in [1.165, 1.54) is 24.8 Å². The van der Waals surface area contributed by atoms with Crippen molar-refractivity contribution in [2.75, 3.05) is 13.6 Å². The second kappa shape index (κ2) is 6.33. The highest BCUT2D eigenvalue weighted by atomic mass is 14.8. The lowest BCUT2D eigenvalue weighted by molar-refractivity contribution is 0.192. The Balaban J connectivity index is 2.14. The number of hydrogen-bond acceptors (Lipinski definition) is 2. The Morgan fingerprint density at radius 3 is 2.83 bits per heavy atom. The summed E-state index contributed by atoms with van der Waals surface area (Å²) >= 11 is 0. The molecule has 0 aromatic carbocycles. The summed E-state index contributed by atoms with van der Waals surface area (Å²) in [6, 6.07) is 4.33. The van der Waals surface area contributed by atoms with Crippen LogP contribution in [0, 0.1) is 17.8 Å². The van der Waals surface area contributed by atoms with E-state index in [-0.39, 0.29) is 0 Å². The lowest BCUT2D eigenvalue weighted by atomic mass is 9.68. The summed E-state index contributed by atoms with van der Waals surface area (Å²) in [7, 11) is 2.06. The molecule has 3 unspecified atom stereocenters. The van der Waals surface area contributed by atoms with Gasteiger partial charge in [-0.25, -0.2) is 0 Å². The molecule has 3 atom stereocenters. The maximum absolute atomic E-state index is 4.30. The van der Waals surface area contributed by atoms with E-state index in [9.17, 15) is 0 Å². The molecule has 1 N–H and O–H groups in total. The zero-order valence-electron chi connectivity index (χ0n) is 11.9. The van der Waals surface area contributed by atoms with Crippen molar-refractivity contribution in [3.63, 3.8) is 0 Å². The van der Waals surface area contributed by atoms with Gasteiger partial charge in [0.05, 0.1) is 0 Å². The minimum atomic E-state index is 0.687. The molecule has 0 radical (unpaired) electrons. The molecule has 100 valence electrons. The first-order valence-corrected chi connectivity index (χ1v) is 7.27. The summed E-state index contributed by atoms with van der Waals surface area (Å²) in [5.41, 5.74) is 1.43. The maximum atomic E-state index is 4.30. The van der Waals surface area contributed by atoms with Crippen LogP contribution in [0.1, 0.15) is 44.6 Å². The van der Waals surface area contributed by atoms with Crippen molar-refractivity contribution in [3.8, 4) is 0 Å². The fourth-order valence-electron chi connectivity index (χ4n) is 3.38. The Kier molecular flexibility index (Phi) is 4.76. The molecule has 0 amide bonds. The van der Waals surface area contributed by atoms with Gasteiger partial charge in [0.1, 0.15) is 0 Å². The molecule has 1 aliphatic rings. The van der Waals surface area contributed by atoms with Crippen LogP contribution in [0.15, 0.2) is 24.5 Å². The monoisotopic (exact) mass is 246 g/mol. The molecular formula is C16H26N2. The molecule has 2 rings (SSSR count). The number of hydrogen-bond donors (Lipinski definition) is 1. The van der Waals surface area contributed by atoms with Crippen LogP contribution in [0.25, 0.3) is 0 Å². The van der Waals surface area contributed by atoms with Gasteiger partial charge in [-0.1, -0.05) is 19.9 Å². The quantitative estimate of drug-likeness (QED) is 0.880. The zero-order valence-corrected chi connectivity index (χ0v) is 11.9. The van der Waals surface area contributed by atoms with Gasteiger partial charge in [0.2, 0.25) is 0 Å². The first-order valence-electron chi connectivity index (χ1n) is 7.27. The van der Waals surface area contributed by atoms with Crippen LogP contribution in [0.4, 0.5) is 0 Å². The first-order chi connectivity index (χ1) is 8.72. The molecule has 1 saturated carbocycles. The molecule has 0 spiro atoms. The van der Waals surface area contributed by atoms with Crippen LogP contribution in [0.3, 0.4) is 0 Å². The Morgan fingerprint density at radius 2 is 2.22 bits per heavy atom. The zero-order chi connectivity index (χ0) is 13.0. The fourth-order valence-corrected chi connectivity index (χ4v) is 3.38. The number of pyridine rings is 1. The van der Waals surface area contributed by atoms with Crippen LogP contribution in [-0.4, -0.2) is 18.6 Å². The van der Waals surface area contributed by atoms with Crippen molar-refractivity contribution in [3.05, 3.63) is 30.1 Å². The number of nitrogens with zero attached hydrogens (tertiary/aromatic N) is 1. The molecule has 0 saturated heterocycles. The van der Waals surface area contributed by atoms with Crippen molar-refractivity contribution >= 4 is 0 Å². The van der Waals surface area contributed by atoms with Crippen LogP contribution < -0.4 is 5.32 Å². The van der Waals surface area contributed by atoms with Gasteiger partial charge in [-0.3, -0.25) is 4.98 Å². The lowest BCUT2D eigenvalue weighted by Gasteiger charge is -2.38. The van der Waals surface area contributed by atoms with E-state index < -0.39 is 0 Å². The molecular weight excluding hydrogens is 220 g/mol. The molecule has 1 aliphatic carbocycles. The summed E-state index contributed by atoms with van der Waals surface area (Å²) in [6.45, 7) is 5.86. The van der Waals surface area contributed by atoms with E-state index in [1.807, 2.05) is 6.20 Å². The van der Waals surface area contributed by atoms with E-state index in [4.69, 9.17) is 0 Å². The smallest absolute Gasteiger partial charge is 0.0302 e. The average molecular weight is 246 g/mol. The molecule has 0 aliphatic heterocycles. The minimum absolute atomic E-state index is 0.687. The Morgan fingerprint density at radius 1 is 1.39 bits per heavy atom. The van der Waals surface area contributed by atoms with Crippen molar-refractivity contribution in [2.24, 2.45) is 17.8 Å². The van der Waals surface area contributed by atoms with Crippen molar-refractivity contribution in [2.45, 2.75) is 39.0 Å². The summed E-state index contributed by atoms with van der Waals surface area (Å²) in [6.07, 6.45) is 8.01. The number of rotatable bonds is 4. The van der Waals surface area contributed by atoms with Gasteiger partial charge in [-0.05, 0) is 68.2 Å². The Labute approximate surface area is 111 Å². The fraction of sp³-hybridized carbons (Fsp3) is 0.688. The van der Waals surface area contributed by atoms with Gasteiger partial charge in [0.15, 0.2) is 0 Å². The van der Waals surface area contributed by atoms with Crippen molar-refractivity contribution in [1.29, 1.82) is 0 Å². The van der Waals surface area contributed by atoms with E-state index in [1.54, 1.807) is 0 Å². The minimum Gasteiger partial charge on any atom is -0.319 e. The third-order valence-electron chi connectivity index (χ3n) is 4.56. The first kappa shape index (κ1) is 13.5. The highest BCUT2D eigenvalue weighted by molar-refractivity contribution is 5.17. The van der Waals surface area contributed by atoms with E-state index in [0.29, 0.717) is 5.92 Å². The molecule has 1 fully saturated rings. The standard InChI is InChI=1S/C16H26N2/c1-12(2)13-6-7-15(10-17-3)16(9-13)14-5-4-8-18-11-14/h4-5,8,11-13,15-17H,6-7,9-10H2,1-3H3. The maximum Gasteiger partial charge on any atom is 0.0302 e. The van der Waals surface area contributed by atoms with Crippen LogP contribution >= 0.6 is 0 Å². The van der Waals surface area contributed by atoms with E-state index in [0.717, 1.165) is 24.3 Å². The third-order valence-corrected chi connectivity index (χ3v) is 4.56. The molecule has 2 nitrogen and oxygen atoms in total. The summed E-state index contributed by atoms with van der Waals surface area (Å²) in [5.74, 6) is 3.14. The van der Waals surface area contributed by atoms with E-state index >= 15 is 0 Å². The largest absolute Gasteiger partial charge is 0.319 e. The highest BCUT2D eigenvalue weighted by Gasteiger charge is 2.32. The molecule has 18 heavy (non-hydrogen) atoms. The predicted octanol–water partition coefficient (Wildman–Crippen LogP) is 3.46. The van der Waals surface area contributed by atoms with Gasteiger partial charge in [0.25, 0.3) is 0 Å². The number of aromatic nitrogens is 1. The molecule has 1 heterocycles.